The maximum absolute atomic E-state index is 12.6. The second-order valence-electron chi connectivity index (χ2n) is 3.94. The van der Waals surface area contributed by atoms with Crippen LogP contribution in [0.15, 0.2) is 29.4 Å². The fourth-order valence-electron chi connectivity index (χ4n) is 1.53. The molecule has 2 rings (SSSR count). The topological polar surface area (TPSA) is 75.6 Å². The van der Waals surface area contributed by atoms with Crippen LogP contribution in [0, 0.1) is 16.1 Å². The van der Waals surface area contributed by atoms with E-state index in [0.29, 0.717) is 18.5 Å². The van der Waals surface area contributed by atoms with Gasteiger partial charge >= 0.3 is 5.91 Å². The van der Waals surface area contributed by atoms with Gasteiger partial charge in [0, 0.05) is 10.9 Å². The third-order valence-corrected chi connectivity index (χ3v) is 2.78. The molecule has 1 aliphatic carbocycles. The molecule has 0 bridgehead atoms. The maximum atomic E-state index is 12.6. The third kappa shape index (κ3) is 2.06. The van der Waals surface area contributed by atoms with Crippen molar-refractivity contribution in [1.29, 1.82) is 0 Å². The van der Waals surface area contributed by atoms with Crippen LogP contribution in [0.25, 0.3) is 0 Å². The highest BCUT2D eigenvalue weighted by Crippen LogP contribution is 2.47. The Hall–Kier alpha value is -2.11. The molecule has 1 aliphatic rings. The van der Waals surface area contributed by atoms with Crippen LogP contribution < -0.4 is 5.32 Å². The molecule has 0 spiro atoms. The second kappa shape index (κ2) is 4.04. The molecule has 17 heavy (non-hydrogen) atoms. The molecule has 0 heterocycles. The van der Waals surface area contributed by atoms with E-state index >= 15 is 0 Å². The average Bonchev–Trinajstić information content (AvgIpc) is 3.12. The van der Waals surface area contributed by atoms with Crippen molar-refractivity contribution in [1.82, 2.24) is 0 Å². The van der Waals surface area contributed by atoms with Gasteiger partial charge in [-0.25, -0.2) is 4.39 Å². The first-order valence-electron chi connectivity index (χ1n) is 5.03. The van der Waals surface area contributed by atoms with Crippen LogP contribution in [0.2, 0.25) is 0 Å². The summed E-state index contributed by atoms with van der Waals surface area (Å²) in [5.74, 6) is -1.93. The van der Waals surface area contributed by atoms with Gasteiger partial charge in [0.1, 0.15) is 11.2 Å². The number of nitrogens with zero attached hydrogens (tertiary/aromatic N) is 1. The lowest BCUT2D eigenvalue weighted by molar-refractivity contribution is -0.132. The van der Waals surface area contributed by atoms with E-state index in [4.69, 9.17) is 0 Å². The van der Waals surface area contributed by atoms with Crippen LogP contribution in [0.3, 0.4) is 0 Å². The molecule has 0 aromatic heterocycles. The van der Waals surface area contributed by atoms with Gasteiger partial charge in [-0.05, 0) is 37.1 Å². The van der Waals surface area contributed by atoms with E-state index in [9.17, 15) is 18.9 Å². The summed E-state index contributed by atoms with van der Waals surface area (Å²) >= 11 is 0. The van der Waals surface area contributed by atoms with Gasteiger partial charge in [-0.1, -0.05) is 0 Å². The van der Waals surface area contributed by atoms with Gasteiger partial charge in [0.25, 0.3) is 0 Å². The van der Waals surface area contributed by atoms with Crippen molar-refractivity contribution in [3.8, 4) is 0 Å². The van der Waals surface area contributed by atoms with E-state index in [1.165, 1.54) is 24.3 Å². The molecule has 1 aromatic carbocycles. The summed E-state index contributed by atoms with van der Waals surface area (Å²) in [6.45, 7) is 0. The maximum Gasteiger partial charge on any atom is 0.301 e. The largest absolute Gasteiger partial charge is 0.325 e. The zero-order valence-corrected chi connectivity index (χ0v) is 8.77. The molecule has 1 saturated carbocycles. The minimum Gasteiger partial charge on any atom is -0.325 e. The average molecular weight is 236 g/mol. The SMILES string of the molecule is O=NC(=O)C1(C(=O)Nc2ccc(F)cc2)CC1. The number of nitroso groups, excluding NO2 is 1. The summed E-state index contributed by atoms with van der Waals surface area (Å²) in [6, 6.07) is 5.13. The zero-order chi connectivity index (χ0) is 12.5. The summed E-state index contributed by atoms with van der Waals surface area (Å²) in [5.41, 5.74) is -0.919. The molecule has 0 aliphatic heterocycles. The Balaban J connectivity index is 2.10. The van der Waals surface area contributed by atoms with Crippen LogP contribution in [-0.2, 0) is 9.59 Å². The lowest BCUT2D eigenvalue weighted by Gasteiger charge is -2.10. The fraction of sp³-hybridized carbons (Fsp3) is 0.273. The molecule has 1 fully saturated rings. The van der Waals surface area contributed by atoms with Crippen molar-refractivity contribution in [2.75, 3.05) is 5.32 Å². The fourth-order valence-corrected chi connectivity index (χ4v) is 1.53. The van der Waals surface area contributed by atoms with Crippen LogP contribution in [0.4, 0.5) is 10.1 Å². The molecule has 1 aromatic rings. The molecule has 0 unspecified atom stereocenters. The molecule has 0 radical (unpaired) electrons. The lowest BCUT2D eigenvalue weighted by Crippen LogP contribution is -2.30. The molecule has 0 saturated heterocycles. The minimum absolute atomic E-state index is 0.324. The second-order valence-corrected chi connectivity index (χ2v) is 3.94. The number of carbonyl (C=O) groups is 2. The number of halogens is 1. The predicted octanol–water partition coefficient (Wildman–Crippen LogP) is 1.84. The Morgan fingerprint density at radius 2 is 1.82 bits per heavy atom. The van der Waals surface area contributed by atoms with Gasteiger partial charge in [0.15, 0.2) is 0 Å². The van der Waals surface area contributed by atoms with E-state index in [2.05, 4.69) is 10.5 Å². The Kier molecular flexibility index (Phi) is 2.71. The first-order valence-corrected chi connectivity index (χ1v) is 5.03. The molecular weight excluding hydrogens is 227 g/mol. The van der Waals surface area contributed by atoms with Crippen LogP contribution in [-0.4, -0.2) is 11.8 Å². The number of rotatable bonds is 3. The number of carbonyl (C=O) groups excluding carboxylic acids is 2. The monoisotopic (exact) mass is 236 g/mol. The normalized spacial score (nSPS) is 16.1. The minimum atomic E-state index is -1.30. The van der Waals surface area contributed by atoms with Gasteiger partial charge in [0.2, 0.25) is 5.91 Å². The summed E-state index contributed by atoms with van der Waals surface area (Å²) in [6.07, 6.45) is 0.648. The third-order valence-electron chi connectivity index (χ3n) is 2.78. The van der Waals surface area contributed by atoms with Crippen LogP contribution in [0.1, 0.15) is 12.8 Å². The molecule has 5 nitrogen and oxygen atoms in total. The Morgan fingerprint density at radius 3 is 2.29 bits per heavy atom. The highest BCUT2D eigenvalue weighted by molar-refractivity contribution is 6.13. The smallest absolute Gasteiger partial charge is 0.301 e. The predicted molar refractivity (Wildman–Crippen MR) is 57.5 cm³/mol. The van der Waals surface area contributed by atoms with E-state index in [1.807, 2.05) is 0 Å². The molecule has 88 valence electrons. The van der Waals surface area contributed by atoms with Crippen molar-refractivity contribution in [3.63, 3.8) is 0 Å². The zero-order valence-electron chi connectivity index (χ0n) is 8.77. The highest BCUT2D eigenvalue weighted by atomic mass is 19.1. The lowest BCUT2D eigenvalue weighted by atomic mass is 10.1. The highest BCUT2D eigenvalue weighted by Gasteiger charge is 2.57. The molecule has 6 heteroatoms. The van der Waals surface area contributed by atoms with E-state index < -0.39 is 23.0 Å². The number of hydrogen-bond donors (Lipinski definition) is 1. The van der Waals surface area contributed by atoms with E-state index in [1.54, 1.807) is 0 Å². The number of nitrogens with one attached hydrogen (secondary N) is 1. The van der Waals surface area contributed by atoms with Crippen LogP contribution >= 0.6 is 0 Å². The summed E-state index contributed by atoms with van der Waals surface area (Å²) in [7, 11) is 0. The molecule has 0 atom stereocenters. The van der Waals surface area contributed by atoms with Gasteiger partial charge in [-0.3, -0.25) is 9.59 Å². The van der Waals surface area contributed by atoms with Gasteiger partial charge in [-0.15, -0.1) is 4.91 Å². The number of hydrogen-bond acceptors (Lipinski definition) is 3. The summed E-state index contributed by atoms with van der Waals surface area (Å²) in [5, 5.41) is 4.75. The van der Waals surface area contributed by atoms with Crippen molar-refractivity contribution >= 4 is 17.5 Å². The van der Waals surface area contributed by atoms with Gasteiger partial charge < -0.3 is 5.32 Å². The number of benzene rings is 1. The van der Waals surface area contributed by atoms with Crippen molar-refractivity contribution in [2.24, 2.45) is 10.6 Å². The standard InChI is InChI=1S/C11H9FN2O3/c12-7-1-3-8(4-2-7)13-9(15)11(5-6-11)10(16)14-17/h1-4H,5-6H2,(H,13,15). The molecule has 1 N–H and O–H groups in total. The Labute approximate surface area is 96.0 Å². The number of amides is 2. The van der Waals surface area contributed by atoms with Crippen molar-refractivity contribution in [3.05, 3.63) is 35.0 Å². The van der Waals surface area contributed by atoms with E-state index in [0.717, 1.165) is 0 Å². The summed E-state index contributed by atoms with van der Waals surface area (Å²) in [4.78, 5) is 33.1. The Bertz CT molecular complexity index is 480. The van der Waals surface area contributed by atoms with Crippen molar-refractivity contribution < 1.29 is 14.0 Å². The Morgan fingerprint density at radius 1 is 1.24 bits per heavy atom. The quantitative estimate of drug-likeness (QED) is 0.642. The van der Waals surface area contributed by atoms with Crippen LogP contribution in [0.5, 0.6) is 0 Å². The molecular formula is C11H9FN2O3. The summed E-state index contributed by atoms with van der Waals surface area (Å²) < 4.78 is 12.6. The first-order chi connectivity index (χ1) is 8.08. The molecule has 2 amide bonds. The van der Waals surface area contributed by atoms with E-state index in [-0.39, 0.29) is 0 Å². The van der Waals surface area contributed by atoms with Gasteiger partial charge in [-0.2, -0.15) is 0 Å². The number of anilines is 1. The van der Waals surface area contributed by atoms with Gasteiger partial charge in [0.05, 0.1) is 0 Å². The van der Waals surface area contributed by atoms with Crippen molar-refractivity contribution in [2.45, 2.75) is 12.8 Å². The first kappa shape index (κ1) is 11.4.